The molecule has 0 saturated heterocycles. The molecule has 1 N–H and O–H groups in total. The van der Waals surface area contributed by atoms with E-state index in [4.69, 9.17) is 0 Å². The number of carbonyl (C=O) groups is 1. The molecular formula is C14H16N2O. The molecule has 88 valence electrons. The molecule has 0 atom stereocenters. The smallest absolute Gasteiger partial charge is 0.194 e. The first kappa shape index (κ1) is 11.6. The highest BCUT2D eigenvalue weighted by atomic mass is 16.1. The summed E-state index contributed by atoms with van der Waals surface area (Å²) < 4.78 is 0. The molecule has 0 bridgehead atoms. The third-order valence-corrected chi connectivity index (χ3v) is 2.80. The number of H-pyrrole nitrogens is 1. The molecule has 3 heteroatoms. The number of hydrogen-bond acceptors (Lipinski definition) is 2. The van der Waals surface area contributed by atoms with Crippen molar-refractivity contribution in [3.05, 3.63) is 41.9 Å². The van der Waals surface area contributed by atoms with Gasteiger partial charge in [0, 0.05) is 6.92 Å². The van der Waals surface area contributed by atoms with Crippen LogP contribution in [0.25, 0.3) is 11.3 Å². The van der Waals surface area contributed by atoms with Gasteiger partial charge in [0.2, 0.25) is 0 Å². The number of carbonyl (C=O) groups excluding carboxylic acids is 1. The summed E-state index contributed by atoms with van der Waals surface area (Å²) >= 11 is 0. The molecular weight excluding hydrogens is 212 g/mol. The lowest BCUT2D eigenvalue weighted by atomic mass is 10.0. The molecule has 0 aliphatic rings. The minimum absolute atomic E-state index is 0.0462. The summed E-state index contributed by atoms with van der Waals surface area (Å²) in [7, 11) is 0. The average Bonchev–Trinajstić information content (AvgIpc) is 2.78. The van der Waals surface area contributed by atoms with Crippen LogP contribution >= 0.6 is 0 Å². The number of ketones is 1. The van der Waals surface area contributed by atoms with E-state index >= 15 is 0 Å². The zero-order valence-corrected chi connectivity index (χ0v) is 10.3. The van der Waals surface area contributed by atoms with E-state index in [0.29, 0.717) is 11.7 Å². The van der Waals surface area contributed by atoms with Crippen molar-refractivity contribution in [3.63, 3.8) is 0 Å². The van der Waals surface area contributed by atoms with E-state index in [9.17, 15) is 4.79 Å². The quantitative estimate of drug-likeness (QED) is 0.818. The fourth-order valence-electron chi connectivity index (χ4n) is 1.69. The lowest BCUT2D eigenvalue weighted by Crippen LogP contribution is -1.94. The van der Waals surface area contributed by atoms with Crippen molar-refractivity contribution in [3.8, 4) is 11.3 Å². The van der Waals surface area contributed by atoms with Crippen LogP contribution in [0, 0.1) is 0 Å². The molecule has 1 aromatic heterocycles. The summed E-state index contributed by atoms with van der Waals surface area (Å²) in [5, 5.41) is 0. The summed E-state index contributed by atoms with van der Waals surface area (Å²) in [6, 6.07) is 8.31. The maximum atomic E-state index is 11.1. The third kappa shape index (κ3) is 2.44. The van der Waals surface area contributed by atoms with E-state index < -0.39 is 0 Å². The Morgan fingerprint density at radius 1 is 1.24 bits per heavy atom. The van der Waals surface area contributed by atoms with Gasteiger partial charge in [0.05, 0.1) is 11.9 Å². The van der Waals surface area contributed by atoms with Gasteiger partial charge in [-0.05, 0) is 17.0 Å². The Hall–Kier alpha value is -1.90. The first-order valence-corrected chi connectivity index (χ1v) is 5.74. The summed E-state index contributed by atoms with van der Waals surface area (Å²) in [6.45, 7) is 5.84. The van der Waals surface area contributed by atoms with Crippen LogP contribution in [0.15, 0.2) is 30.5 Å². The Balaban J connectivity index is 2.30. The van der Waals surface area contributed by atoms with Gasteiger partial charge in [-0.1, -0.05) is 38.1 Å². The van der Waals surface area contributed by atoms with Gasteiger partial charge < -0.3 is 4.98 Å². The topological polar surface area (TPSA) is 45.8 Å². The van der Waals surface area contributed by atoms with Crippen LogP contribution < -0.4 is 0 Å². The predicted octanol–water partition coefficient (Wildman–Crippen LogP) is 3.40. The molecule has 0 fully saturated rings. The maximum Gasteiger partial charge on any atom is 0.194 e. The van der Waals surface area contributed by atoms with E-state index in [2.05, 4.69) is 35.9 Å². The van der Waals surface area contributed by atoms with E-state index in [-0.39, 0.29) is 5.78 Å². The lowest BCUT2D eigenvalue weighted by Gasteiger charge is -2.05. The molecule has 2 aromatic rings. The lowest BCUT2D eigenvalue weighted by molar-refractivity contribution is 0.100. The van der Waals surface area contributed by atoms with E-state index in [1.165, 1.54) is 12.5 Å². The van der Waals surface area contributed by atoms with Crippen molar-refractivity contribution in [1.82, 2.24) is 9.97 Å². The second-order valence-corrected chi connectivity index (χ2v) is 4.48. The fourth-order valence-corrected chi connectivity index (χ4v) is 1.69. The van der Waals surface area contributed by atoms with Crippen LogP contribution in [-0.4, -0.2) is 15.8 Å². The number of nitrogens with one attached hydrogen (secondary N) is 1. The van der Waals surface area contributed by atoms with Crippen LogP contribution in [0.5, 0.6) is 0 Å². The molecule has 0 saturated carbocycles. The van der Waals surface area contributed by atoms with Gasteiger partial charge in [0.25, 0.3) is 0 Å². The highest BCUT2D eigenvalue weighted by molar-refractivity contribution is 5.91. The number of imidazole rings is 1. The van der Waals surface area contributed by atoms with E-state index in [1.807, 2.05) is 12.1 Å². The molecule has 1 heterocycles. The standard InChI is InChI=1S/C14H16N2O/c1-9(2)11-4-6-12(7-5-11)13-8-15-14(16-13)10(3)17/h4-9H,1-3H3,(H,15,16). The van der Waals surface area contributed by atoms with Gasteiger partial charge in [-0.25, -0.2) is 4.98 Å². The SMILES string of the molecule is CC(=O)c1ncc(-c2ccc(C(C)C)cc2)[nH]1. The Morgan fingerprint density at radius 2 is 1.88 bits per heavy atom. The maximum absolute atomic E-state index is 11.1. The van der Waals surface area contributed by atoms with Gasteiger partial charge in [-0.15, -0.1) is 0 Å². The molecule has 3 nitrogen and oxygen atoms in total. The minimum Gasteiger partial charge on any atom is -0.336 e. The molecule has 17 heavy (non-hydrogen) atoms. The molecule has 0 radical (unpaired) electrons. The Bertz CT molecular complexity index is 523. The van der Waals surface area contributed by atoms with Crippen LogP contribution in [0.3, 0.4) is 0 Å². The Morgan fingerprint density at radius 3 is 2.35 bits per heavy atom. The van der Waals surface area contributed by atoms with Gasteiger partial charge in [-0.3, -0.25) is 4.79 Å². The van der Waals surface area contributed by atoms with Crippen molar-refractivity contribution in [2.75, 3.05) is 0 Å². The summed E-state index contributed by atoms with van der Waals surface area (Å²) in [6.07, 6.45) is 1.70. The monoisotopic (exact) mass is 228 g/mol. The minimum atomic E-state index is -0.0462. The number of Topliss-reactive ketones (excluding diaryl/α,β-unsaturated/α-hetero) is 1. The zero-order valence-electron chi connectivity index (χ0n) is 10.3. The van der Waals surface area contributed by atoms with E-state index in [1.54, 1.807) is 6.20 Å². The predicted molar refractivity (Wildman–Crippen MR) is 68.1 cm³/mol. The normalized spacial score (nSPS) is 10.8. The number of nitrogens with zero attached hydrogens (tertiary/aromatic N) is 1. The summed E-state index contributed by atoms with van der Waals surface area (Å²) in [5.74, 6) is 0.890. The molecule has 0 spiro atoms. The van der Waals surface area contributed by atoms with Crippen molar-refractivity contribution in [2.45, 2.75) is 26.7 Å². The number of benzene rings is 1. The average molecular weight is 228 g/mol. The van der Waals surface area contributed by atoms with Crippen LogP contribution in [-0.2, 0) is 0 Å². The van der Waals surface area contributed by atoms with E-state index in [0.717, 1.165) is 11.3 Å². The highest BCUT2D eigenvalue weighted by Crippen LogP contribution is 2.21. The molecule has 0 unspecified atom stereocenters. The van der Waals surface area contributed by atoms with Crippen molar-refractivity contribution < 1.29 is 4.79 Å². The van der Waals surface area contributed by atoms with Gasteiger partial charge in [-0.2, -0.15) is 0 Å². The summed E-state index contributed by atoms with van der Waals surface area (Å²) in [5.41, 5.74) is 3.24. The Labute approximate surface area is 101 Å². The summed E-state index contributed by atoms with van der Waals surface area (Å²) in [4.78, 5) is 18.2. The molecule has 1 aromatic carbocycles. The van der Waals surface area contributed by atoms with Crippen LogP contribution in [0.2, 0.25) is 0 Å². The molecule has 0 aliphatic heterocycles. The van der Waals surface area contributed by atoms with Crippen molar-refractivity contribution in [2.24, 2.45) is 0 Å². The van der Waals surface area contributed by atoms with Crippen LogP contribution in [0.1, 0.15) is 42.9 Å². The molecule has 0 aliphatic carbocycles. The first-order valence-electron chi connectivity index (χ1n) is 5.74. The number of aromatic nitrogens is 2. The Kier molecular flexibility index (Phi) is 3.09. The second-order valence-electron chi connectivity index (χ2n) is 4.48. The number of hydrogen-bond donors (Lipinski definition) is 1. The van der Waals surface area contributed by atoms with Gasteiger partial charge in [0.15, 0.2) is 11.6 Å². The molecule has 0 amide bonds. The third-order valence-electron chi connectivity index (χ3n) is 2.80. The second kappa shape index (κ2) is 4.53. The van der Waals surface area contributed by atoms with Gasteiger partial charge in [0.1, 0.15) is 0 Å². The zero-order chi connectivity index (χ0) is 12.4. The van der Waals surface area contributed by atoms with Crippen LogP contribution in [0.4, 0.5) is 0 Å². The van der Waals surface area contributed by atoms with Crippen molar-refractivity contribution in [1.29, 1.82) is 0 Å². The highest BCUT2D eigenvalue weighted by Gasteiger charge is 2.07. The van der Waals surface area contributed by atoms with Crippen molar-refractivity contribution >= 4 is 5.78 Å². The number of rotatable bonds is 3. The fraction of sp³-hybridized carbons (Fsp3) is 0.286. The largest absolute Gasteiger partial charge is 0.336 e. The first-order chi connectivity index (χ1) is 8.08. The molecule has 2 rings (SSSR count). The van der Waals surface area contributed by atoms with Gasteiger partial charge >= 0.3 is 0 Å². The number of aromatic amines is 1.